The molecule has 0 atom stereocenters. The van der Waals surface area contributed by atoms with Crippen molar-refractivity contribution in [3.63, 3.8) is 0 Å². The van der Waals surface area contributed by atoms with E-state index < -0.39 is 5.91 Å². The molecule has 0 saturated carbocycles. The van der Waals surface area contributed by atoms with Crippen LogP contribution in [0.4, 0.5) is 0 Å². The summed E-state index contributed by atoms with van der Waals surface area (Å²) in [6, 6.07) is 12.6. The molecular weight excluding hydrogens is 685 g/mol. The van der Waals surface area contributed by atoms with E-state index in [1.54, 1.807) is 42.5 Å². The van der Waals surface area contributed by atoms with Gasteiger partial charge in [0, 0.05) is 32.6 Å². The topological polar surface area (TPSA) is 226 Å². The number of carbonyl (C=O) groups excluding carboxylic acids is 4. The number of aromatic nitrogens is 6. The number of hydrogen-bond donors (Lipinski definition) is 6. The Kier molecular flexibility index (Phi) is 10.9. The predicted octanol–water partition coefficient (Wildman–Crippen LogP) is 3.56. The van der Waals surface area contributed by atoms with Crippen LogP contribution in [0, 0.1) is 6.92 Å². The molecule has 6 rings (SSSR count). The van der Waals surface area contributed by atoms with Gasteiger partial charge in [0.25, 0.3) is 17.7 Å². The van der Waals surface area contributed by atoms with Crippen LogP contribution in [0.2, 0.25) is 0 Å². The maximum atomic E-state index is 12.6. The highest BCUT2D eigenvalue weighted by Gasteiger charge is 2.16. The molecule has 18 heteroatoms. The number of carbonyl (C=O) groups is 4. The normalized spacial score (nSPS) is 11.0. The molecular formula is C32H32N10O6S2. The quantitative estimate of drug-likeness (QED) is 0.0799. The first kappa shape index (κ1) is 34.0. The van der Waals surface area contributed by atoms with Gasteiger partial charge in [0.1, 0.15) is 5.76 Å². The van der Waals surface area contributed by atoms with Crippen LogP contribution in [0.3, 0.4) is 0 Å². The van der Waals surface area contributed by atoms with Gasteiger partial charge < -0.3 is 30.2 Å². The number of thiophene rings is 2. The highest BCUT2D eigenvalue weighted by atomic mass is 32.1. The Balaban J connectivity index is 0.885. The summed E-state index contributed by atoms with van der Waals surface area (Å²) in [7, 11) is 0. The number of furan rings is 1. The Bertz CT molecular complexity index is 2070. The van der Waals surface area contributed by atoms with Crippen molar-refractivity contribution in [3.8, 4) is 21.1 Å². The van der Waals surface area contributed by atoms with Gasteiger partial charge in [-0.2, -0.15) is 15.2 Å². The van der Waals surface area contributed by atoms with E-state index in [2.05, 4.69) is 51.8 Å². The van der Waals surface area contributed by atoms with Gasteiger partial charge in [0.2, 0.25) is 0 Å². The molecule has 0 saturated heterocycles. The molecule has 6 aromatic rings. The monoisotopic (exact) mass is 716 g/mol. The second kappa shape index (κ2) is 16.0. The molecule has 0 aliphatic rings. The predicted molar refractivity (Wildman–Crippen MR) is 183 cm³/mol. The first-order valence-corrected chi connectivity index (χ1v) is 17.3. The first-order valence-electron chi connectivity index (χ1n) is 15.6. The summed E-state index contributed by atoms with van der Waals surface area (Å²) in [5.74, 6) is -0.342. The van der Waals surface area contributed by atoms with Crippen LogP contribution in [0.15, 0.2) is 62.2 Å². The maximum Gasteiger partial charge on any atom is 0.315 e. The van der Waals surface area contributed by atoms with Crippen molar-refractivity contribution in [1.82, 2.24) is 51.8 Å². The van der Waals surface area contributed by atoms with Gasteiger partial charge in [0.05, 0.1) is 21.1 Å². The zero-order valence-electron chi connectivity index (χ0n) is 26.7. The molecule has 258 valence electrons. The summed E-state index contributed by atoms with van der Waals surface area (Å²) in [6.45, 7) is 3.00. The third-order valence-corrected chi connectivity index (χ3v) is 9.08. The van der Waals surface area contributed by atoms with Crippen LogP contribution in [-0.4, -0.2) is 80.3 Å². The van der Waals surface area contributed by atoms with E-state index in [4.69, 9.17) is 8.94 Å². The summed E-state index contributed by atoms with van der Waals surface area (Å²) in [4.78, 5) is 55.2. The molecule has 6 heterocycles. The molecule has 0 radical (unpaired) electrons. The highest BCUT2D eigenvalue weighted by molar-refractivity contribution is 7.13. The highest BCUT2D eigenvalue weighted by Crippen LogP contribution is 2.28. The number of aromatic amines is 2. The van der Waals surface area contributed by atoms with Gasteiger partial charge in [-0.1, -0.05) is 11.2 Å². The van der Waals surface area contributed by atoms with E-state index in [0.717, 1.165) is 21.0 Å². The summed E-state index contributed by atoms with van der Waals surface area (Å²) in [5, 5.41) is 32.5. The van der Waals surface area contributed by atoms with Crippen molar-refractivity contribution in [1.29, 1.82) is 0 Å². The Morgan fingerprint density at radius 1 is 0.760 bits per heavy atom. The molecule has 0 spiro atoms. The Labute approximate surface area is 292 Å². The van der Waals surface area contributed by atoms with Gasteiger partial charge >= 0.3 is 11.8 Å². The lowest BCUT2D eigenvalue weighted by Gasteiger charge is -2.04. The van der Waals surface area contributed by atoms with Gasteiger partial charge in [-0.25, -0.2) is 0 Å². The minimum Gasteiger partial charge on any atom is -0.456 e. The van der Waals surface area contributed by atoms with Crippen LogP contribution in [0.1, 0.15) is 72.2 Å². The van der Waals surface area contributed by atoms with Crippen molar-refractivity contribution in [2.24, 2.45) is 0 Å². The zero-order chi connectivity index (χ0) is 34.9. The standard InChI is InChI=1S/C32H32N10O6S2/c1-18-37-32(48-42-18)31(46)36-11-4-9-34-29(44)24-16-22(39-41-24)27-14-19(17-50-27)13-20-6-7-25(47-20)30(45)35-10-3-8-33-28(43)23-15-21(38-40-23)26-5-2-12-49-26/h2,5-7,12,14-17H,3-4,8-11,13H2,1H3,(H,33,43)(H,34,44)(H,35,45)(H,36,46)(H,38,40)(H,39,41). The van der Waals surface area contributed by atoms with E-state index in [9.17, 15) is 19.2 Å². The summed E-state index contributed by atoms with van der Waals surface area (Å²) < 4.78 is 10.6. The molecule has 6 N–H and O–H groups in total. The molecule has 16 nitrogen and oxygen atoms in total. The van der Waals surface area contributed by atoms with E-state index in [0.29, 0.717) is 68.4 Å². The van der Waals surface area contributed by atoms with Gasteiger partial charge in [-0.15, -0.1) is 22.7 Å². The fraction of sp³-hybridized carbons (Fsp3) is 0.250. The Hall–Kier alpha value is -5.88. The number of aryl methyl sites for hydroxylation is 1. The van der Waals surface area contributed by atoms with Crippen molar-refractivity contribution < 1.29 is 28.1 Å². The van der Waals surface area contributed by atoms with Gasteiger partial charge in [-0.05, 0) is 72.5 Å². The zero-order valence-corrected chi connectivity index (χ0v) is 28.3. The molecule has 0 aliphatic heterocycles. The summed E-state index contributed by atoms with van der Waals surface area (Å²) >= 11 is 3.04. The van der Waals surface area contributed by atoms with Gasteiger partial charge in [-0.3, -0.25) is 29.4 Å². The largest absolute Gasteiger partial charge is 0.456 e. The van der Waals surface area contributed by atoms with Crippen molar-refractivity contribution in [2.45, 2.75) is 26.2 Å². The van der Waals surface area contributed by atoms with E-state index in [1.165, 1.54) is 11.3 Å². The van der Waals surface area contributed by atoms with Crippen LogP contribution in [0.25, 0.3) is 21.1 Å². The molecule has 0 aromatic carbocycles. The minimum atomic E-state index is -0.469. The molecule has 0 unspecified atom stereocenters. The summed E-state index contributed by atoms with van der Waals surface area (Å²) in [6.07, 6.45) is 1.50. The Morgan fingerprint density at radius 2 is 1.40 bits per heavy atom. The number of rotatable bonds is 16. The fourth-order valence-corrected chi connectivity index (χ4v) is 6.26. The number of nitrogens with one attached hydrogen (secondary N) is 6. The number of nitrogens with zero attached hydrogens (tertiary/aromatic N) is 4. The molecule has 0 fully saturated rings. The second-order valence-electron chi connectivity index (χ2n) is 11.0. The second-order valence-corrected chi connectivity index (χ2v) is 12.8. The maximum absolute atomic E-state index is 12.6. The average Bonchev–Trinajstić information content (AvgIpc) is 3.96. The van der Waals surface area contributed by atoms with Crippen molar-refractivity contribution >= 4 is 46.3 Å². The van der Waals surface area contributed by atoms with Gasteiger partial charge in [0.15, 0.2) is 23.0 Å². The minimum absolute atomic E-state index is 0.105. The van der Waals surface area contributed by atoms with E-state index in [-0.39, 0.29) is 35.1 Å². The Morgan fingerprint density at radius 3 is 2.02 bits per heavy atom. The van der Waals surface area contributed by atoms with Crippen molar-refractivity contribution in [3.05, 3.63) is 93.4 Å². The fourth-order valence-electron chi connectivity index (χ4n) is 4.68. The lowest BCUT2D eigenvalue weighted by atomic mass is 10.2. The van der Waals surface area contributed by atoms with Crippen molar-refractivity contribution in [2.75, 3.05) is 26.2 Å². The van der Waals surface area contributed by atoms with Crippen LogP contribution in [0.5, 0.6) is 0 Å². The number of hydrogen-bond acceptors (Lipinski definition) is 12. The summed E-state index contributed by atoms with van der Waals surface area (Å²) in [5.41, 5.74) is 3.00. The third kappa shape index (κ3) is 8.77. The SMILES string of the molecule is Cc1noc(C(=O)NCCCNC(=O)c2cc(-c3cc(Cc4ccc(C(=O)NCCCNC(=O)c5cc(-c6cccs6)[nH]n5)o4)cs3)[nH]n2)n1. The van der Waals surface area contributed by atoms with Crippen LogP contribution in [-0.2, 0) is 6.42 Å². The van der Waals surface area contributed by atoms with Crippen LogP contribution >= 0.6 is 22.7 Å². The molecule has 50 heavy (non-hydrogen) atoms. The van der Waals surface area contributed by atoms with E-state index in [1.807, 2.05) is 29.0 Å². The smallest absolute Gasteiger partial charge is 0.315 e. The molecule has 0 bridgehead atoms. The average molecular weight is 717 g/mol. The molecule has 4 amide bonds. The van der Waals surface area contributed by atoms with E-state index >= 15 is 0 Å². The van der Waals surface area contributed by atoms with Crippen LogP contribution < -0.4 is 21.3 Å². The third-order valence-electron chi connectivity index (χ3n) is 7.16. The molecule has 6 aromatic heterocycles. The molecule has 0 aliphatic carbocycles. The lowest BCUT2D eigenvalue weighted by molar-refractivity contribution is 0.0904. The first-order chi connectivity index (χ1) is 24.3. The lowest BCUT2D eigenvalue weighted by Crippen LogP contribution is -2.30. The number of H-pyrrole nitrogens is 2. The number of amides is 4.